The zero-order valence-electron chi connectivity index (χ0n) is 13.6. The van der Waals surface area contributed by atoms with Crippen LogP contribution >= 0.6 is 0 Å². The maximum atomic E-state index is 12.5. The first kappa shape index (κ1) is 16.2. The van der Waals surface area contributed by atoms with Gasteiger partial charge in [-0.1, -0.05) is 12.1 Å². The van der Waals surface area contributed by atoms with Crippen LogP contribution in [0.3, 0.4) is 0 Å². The molecule has 124 valence electrons. The van der Waals surface area contributed by atoms with Crippen LogP contribution in [0.4, 0.5) is 0 Å². The summed E-state index contributed by atoms with van der Waals surface area (Å²) in [5.41, 5.74) is 2.59. The number of hydrogen-bond donors (Lipinski definition) is 2. The van der Waals surface area contributed by atoms with Gasteiger partial charge in [0.25, 0.3) is 5.91 Å². The van der Waals surface area contributed by atoms with Gasteiger partial charge >= 0.3 is 0 Å². The van der Waals surface area contributed by atoms with Crippen molar-refractivity contribution in [3.63, 3.8) is 0 Å². The van der Waals surface area contributed by atoms with E-state index in [9.17, 15) is 9.90 Å². The number of fused-ring (bicyclic) bond motifs is 1. The molecule has 0 spiro atoms. The van der Waals surface area contributed by atoms with Gasteiger partial charge in [0.1, 0.15) is 0 Å². The average molecular weight is 323 g/mol. The highest BCUT2D eigenvalue weighted by Gasteiger charge is 2.14. The summed E-state index contributed by atoms with van der Waals surface area (Å²) >= 11 is 0. The molecule has 24 heavy (non-hydrogen) atoms. The Morgan fingerprint density at radius 2 is 2.12 bits per heavy atom. The summed E-state index contributed by atoms with van der Waals surface area (Å²) in [6, 6.07) is 13.4. The molecule has 1 amide bonds. The van der Waals surface area contributed by atoms with Gasteiger partial charge in [0.15, 0.2) is 0 Å². The maximum absolute atomic E-state index is 12.5. The van der Waals surface area contributed by atoms with Crippen LogP contribution < -0.4 is 5.32 Å². The first-order valence-corrected chi connectivity index (χ1v) is 8.02. The van der Waals surface area contributed by atoms with Crippen LogP contribution in [0.5, 0.6) is 0 Å². The van der Waals surface area contributed by atoms with E-state index in [-0.39, 0.29) is 18.4 Å². The number of carbonyl (C=O) groups excluding carboxylic acids is 1. The average Bonchev–Trinajstić information content (AvgIpc) is 3.00. The Kier molecular flexibility index (Phi) is 4.91. The summed E-state index contributed by atoms with van der Waals surface area (Å²) in [6.45, 7) is 0.418. The molecule has 2 aromatic heterocycles. The second-order valence-corrected chi connectivity index (χ2v) is 5.95. The van der Waals surface area contributed by atoms with Crippen molar-refractivity contribution in [1.82, 2.24) is 14.9 Å². The Labute approximate surface area is 141 Å². The van der Waals surface area contributed by atoms with Crippen LogP contribution in [0, 0.1) is 5.92 Å². The number of nitrogens with one attached hydrogen (secondary N) is 1. The van der Waals surface area contributed by atoms with Crippen LogP contribution in [0.15, 0.2) is 54.9 Å². The molecule has 0 aliphatic rings. The third-order valence-corrected chi connectivity index (χ3v) is 4.21. The van der Waals surface area contributed by atoms with Gasteiger partial charge in [-0.3, -0.25) is 9.78 Å². The van der Waals surface area contributed by atoms with Gasteiger partial charge in [0, 0.05) is 60.7 Å². The van der Waals surface area contributed by atoms with Gasteiger partial charge in [0.2, 0.25) is 0 Å². The third kappa shape index (κ3) is 3.46. The highest BCUT2D eigenvalue weighted by molar-refractivity contribution is 6.06. The van der Waals surface area contributed by atoms with E-state index >= 15 is 0 Å². The second-order valence-electron chi connectivity index (χ2n) is 5.95. The quantitative estimate of drug-likeness (QED) is 0.730. The van der Waals surface area contributed by atoms with Crippen LogP contribution in [0.2, 0.25) is 0 Å². The molecule has 0 fully saturated rings. The summed E-state index contributed by atoms with van der Waals surface area (Å²) in [4.78, 5) is 16.8. The van der Waals surface area contributed by atoms with Crippen molar-refractivity contribution in [3.8, 4) is 0 Å². The van der Waals surface area contributed by atoms with Crippen molar-refractivity contribution in [2.24, 2.45) is 13.0 Å². The Morgan fingerprint density at radius 1 is 1.25 bits per heavy atom. The Hall–Kier alpha value is -2.66. The van der Waals surface area contributed by atoms with Gasteiger partial charge in [0.05, 0.1) is 0 Å². The van der Waals surface area contributed by atoms with Crippen LogP contribution in [0.1, 0.15) is 16.1 Å². The van der Waals surface area contributed by atoms with E-state index in [2.05, 4.69) is 10.3 Å². The predicted molar refractivity (Wildman–Crippen MR) is 93.8 cm³/mol. The molecule has 1 unspecified atom stereocenters. The van der Waals surface area contributed by atoms with Crippen molar-refractivity contribution in [2.45, 2.75) is 6.42 Å². The monoisotopic (exact) mass is 323 g/mol. The smallest absolute Gasteiger partial charge is 0.251 e. The molecule has 3 rings (SSSR count). The topological polar surface area (TPSA) is 67.2 Å². The third-order valence-electron chi connectivity index (χ3n) is 4.21. The largest absolute Gasteiger partial charge is 0.396 e. The van der Waals surface area contributed by atoms with Crippen molar-refractivity contribution < 1.29 is 9.90 Å². The van der Waals surface area contributed by atoms with Gasteiger partial charge < -0.3 is 15.0 Å². The lowest BCUT2D eigenvalue weighted by atomic mass is 10.0. The van der Waals surface area contributed by atoms with Gasteiger partial charge in [-0.2, -0.15) is 0 Å². The molecule has 2 heterocycles. The number of hydrogen-bond acceptors (Lipinski definition) is 3. The normalized spacial score (nSPS) is 12.2. The van der Waals surface area contributed by atoms with Crippen LogP contribution in [0.25, 0.3) is 10.9 Å². The number of pyridine rings is 1. The number of aliphatic hydroxyl groups is 1. The number of rotatable bonds is 6. The summed E-state index contributed by atoms with van der Waals surface area (Å²) in [5, 5.41) is 13.4. The Bertz CT molecular complexity index is 827. The molecule has 1 aromatic carbocycles. The van der Waals surface area contributed by atoms with E-state index in [0.717, 1.165) is 16.6 Å². The van der Waals surface area contributed by atoms with E-state index in [0.29, 0.717) is 18.5 Å². The van der Waals surface area contributed by atoms with E-state index < -0.39 is 0 Å². The lowest BCUT2D eigenvalue weighted by Gasteiger charge is -2.15. The molecule has 5 nitrogen and oxygen atoms in total. The van der Waals surface area contributed by atoms with Gasteiger partial charge in [-0.05, 0) is 36.8 Å². The first-order chi connectivity index (χ1) is 11.7. The lowest BCUT2D eigenvalue weighted by molar-refractivity contribution is 0.0941. The Morgan fingerprint density at radius 3 is 2.88 bits per heavy atom. The molecule has 1 atom stereocenters. The number of benzene rings is 1. The number of nitrogens with zero attached hydrogens (tertiary/aromatic N) is 2. The summed E-state index contributed by atoms with van der Waals surface area (Å²) in [7, 11) is 1.96. The predicted octanol–water partition coefficient (Wildman–Crippen LogP) is 2.15. The highest BCUT2D eigenvalue weighted by atomic mass is 16.3. The standard InChI is InChI=1S/C19H21N3O2/c1-22-10-8-16-17(6-4-7-18(16)22)19(24)21-12-14(13-23)11-15-5-2-3-9-20-15/h2-10,14,23H,11-13H2,1H3,(H,21,24). The van der Waals surface area contributed by atoms with E-state index in [1.54, 1.807) is 6.20 Å². The zero-order chi connectivity index (χ0) is 16.9. The summed E-state index contributed by atoms with van der Waals surface area (Å²) < 4.78 is 1.99. The lowest BCUT2D eigenvalue weighted by Crippen LogP contribution is -2.32. The molecule has 2 N–H and O–H groups in total. The molecule has 3 aromatic rings. The van der Waals surface area contributed by atoms with E-state index in [1.807, 2.05) is 60.3 Å². The molecule has 5 heteroatoms. The minimum Gasteiger partial charge on any atom is -0.396 e. The number of aromatic nitrogens is 2. The van der Waals surface area contributed by atoms with Gasteiger partial charge in [-0.15, -0.1) is 0 Å². The van der Waals surface area contributed by atoms with Crippen molar-refractivity contribution >= 4 is 16.8 Å². The molecule has 0 radical (unpaired) electrons. The number of aliphatic hydroxyl groups excluding tert-OH is 1. The fraction of sp³-hybridized carbons (Fsp3) is 0.263. The highest BCUT2D eigenvalue weighted by Crippen LogP contribution is 2.19. The van der Waals surface area contributed by atoms with E-state index in [4.69, 9.17) is 0 Å². The minimum absolute atomic E-state index is 0.00634. The van der Waals surface area contributed by atoms with E-state index in [1.165, 1.54) is 0 Å². The molecule has 0 saturated heterocycles. The van der Waals surface area contributed by atoms with Crippen molar-refractivity contribution in [1.29, 1.82) is 0 Å². The maximum Gasteiger partial charge on any atom is 0.251 e. The van der Waals surface area contributed by atoms with Gasteiger partial charge in [-0.25, -0.2) is 0 Å². The molecule has 0 bridgehead atoms. The molecular weight excluding hydrogens is 302 g/mol. The SMILES string of the molecule is Cn1ccc2c(C(=O)NCC(CO)Cc3ccccn3)cccc21. The summed E-state index contributed by atoms with van der Waals surface area (Å²) in [6.07, 6.45) is 4.31. The first-order valence-electron chi connectivity index (χ1n) is 8.02. The number of carbonyl (C=O) groups is 1. The second kappa shape index (κ2) is 7.27. The summed E-state index contributed by atoms with van der Waals surface area (Å²) in [5.74, 6) is -0.176. The van der Waals surface area contributed by atoms with Crippen molar-refractivity contribution in [3.05, 3.63) is 66.1 Å². The Balaban J connectivity index is 1.67. The van der Waals surface area contributed by atoms with Crippen LogP contribution in [-0.4, -0.2) is 33.7 Å². The molecular formula is C19H21N3O2. The zero-order valence-corrected chi connectivity index (χ0v) is 13.6. The number of amides is 1. The fourth-order valence-corrected chi connectivity index (χ4v) is 2.85. The minimum atomic E-state index is -0.119. The molecule has 0 aliphatic carbocycles. The number of aryl methyl sites for hydroxylation is 1. The van der Waals surface area contributed by atoms with Crippen LogP contribution in [-0.2, 0) is 13.5 Å². The van der Waals surface area contributed by atoms with Crippen molar-refractivity contribution in [2.75, 3.05) is 13.2 Å². The fourth-order valence-electron chi connectivity index (χ4n) is 2.85. The molecule has 0 aliphatic heterocycles. The molecule has 0 saturated carbocycles.